The molecule has 0 saturated heterocycles. The zero-order valence-electron chi connectivity index (χ0n) is 25.9. The van der Waals surface area contributed by atoms with Crippen molar-refractivity contribution < 1.29 is 9.90 Å². The van der Waals surface area contributed by atoms with Gasteiger partial charge in [0.1, 0.15) is 0 Å². The summed E-state index contributed by atoms with van der Waals surface area (Å²) >= 11 is 0. The lowest BCUT2D eigenvalue weighted by molar-refractivity contribution is -0.137. The van der Waals surface area contributed by atoms with Gasteiger partial charge in [-0.2, -0.15) is 0 Å². The summed E-state index contributed by atoms with van der Waals surface area (Å²) in [5, 5.41) is 9.77. The molecule has 1 rings (SSSR count). The predicted molar refractivity (Wildman–Crippen MR) is 163 cm³/mol. The fraction of sp³-hybridized carbons (Fsp3) is 0.800. The summed E-state index contributed by atoms with van der Waals surface area (Å²) in [5.74, 6) is -0.584. The van der Waals surface area contributed by atoms with E-state index in [-0.39, 0.29) is 23.2 Å². The number of aliphatic carboxylic acids is 1. The summed E-state index contributed by atoms with van der Waals surface area (Å²) in [6.07, 6.45) is 23.0. The Labute approximate surface area is 231 Å². The van der Waals surface area contributed by atoms with E-state index in [1.807, 2.05) is 0 Å². The second kappa shape index (κ2) is 18.1. The van der Waals surface area contributed by atoms with Crippen LogP contribution in [0.2, 0.25) is 0 Å². The van der Waals surface area contributed by atoms with Gasteiger partial charge in [0, 0.05) is 0 Å². The van der Waals surface area contributed by atoms with Gasteiger partial charge in [0.15, 0.2) is 0 Å². The quantitative estimate of drug-likeness (QED) is 0.176. The monoisotopic (exact) mass is 514 g/mol. The Balaban J connectivity index is 2.43. The van der Waals surface area contributed by atoms with E-state index in [4.69, 9.17) is 0 Å². The van der Waals surface area contributed by atoms with Crippen LogP contribution in [-0.4, -0.2) is 11.1 Å². The van der Waals surface area contributed by atoms with Gasteiger partial charge in [-0.25, -0.2) is 0 Å². The Morgan fingerprint density at radius 3 is 1.32 bits per heavy atom. The molecule has 1 aromatic carbocycles. The van der Waals surface area contributed by atoms with Crippen LogP contribution in [-0.2, 0) is 15.6 Å². The number of rotatable bonds is 20. The molecule has 1 N–H and O–H groups in total. The van der Waals surface area contributed by atoms with E-state index in [1.54, 1.807) is 0 Å². The van der Waals surface area contributed by atoms with Crippen molar-refractivity contribution in [3.8, 4) is 0 Å². The van der Waals surface area contributed by atoms with Crippen molar-refractivity contribution in [1.82, 2.24) is 0 Å². The highest BCUT2D eigenvalue weighted by molar-refractivity contribution is 5.68. The predicted octanol–water partition coefficient (Wildman–Crippen LogP) is 11.5. The second-order valence-corrected chi connectivity index (χ2v) is 13.7. The Bertz CT molecular complexity index is 702. The van der Waals surface area contributed by atoms with E-state index < -0.39 is 5.97 Å². The lowest BCUT2D eigenvalue weighted by Gasteiger charge is -2.33. The van der Waals surface area contributed by atoms with Crippen molar-refractivity contribution in [1.29, 1.82) is 0 Å². The third-order valence-corrected chi connectivity index (χ3v) is 7.96. The lowest BCUT2D eigenvalue weighted by atomic mass is 9.71. The third kappa shape index (κ3) is 14.4. The molecule has 2 nitrogen and oxygen atoms in total. The maximum atomic E-state index is 11.9. The van der Waals surface area contributed by atoms with Crippen LogP contribution in [0.4, 0.5) is 0 Å². The topological polar surface area (TPSA) is 37.3 Å². The van der Waals surface area contributed by atoms with Crippen LogP contribution >= 0.6 is 0 Å². The van der Waals surface area contributed by atoms with Crippen molar-refractivity contribution in [2.24, 2.45) is 0 Å². The Morgan fingerprint density at radius 1 is 0.649 bits per heavy atom. The largest absolute Gasteiger partial charge is 0.481 e. The van der Waals surface area contributed by atoms with E-state index in [1.165, 1.54) is 113 Å². The van der Waals surface area contributed by atoms with Gasteiger partial charge in [0.05, 0.1) is 6.42 Å². The van der Waals surface area contributed by atoms with Crippen LogP contribution < -0.4 is 0 Å². The molecule has 0 aromatic heterocycles. The summed E-state index contributed by atoms with van der Waals surface area (Å²) in [4.78, 5) is 11.9. The Morgan fingerprint density at radius 2 is 1.00 bits per heavy atom. The van der Waals surface area contributed by atoms with E-state index in [9.17, 15) is 9.90 Å². The molecule has 1 aromatic rings. The zero-order valence-corrected chi connectivity index (χ0v) is 25.9. The van der Waals surface area contributed by atoms with E-state index in [0.717, 1.165) is 12.8 Å². The van der Waals surface area contributed by atoms with E-state index in [0.29, 0.717) is 0 Å². The summed E-state index contributed by atoms with van der Waals surface area (Å²) in [5.41, 5.74) is 3.96. The number of unbranched alkanes of at least 4 members (excludes halogenated alkanes) is 15. The summed E-state index contributed by atoms with van der Waals surface area (Å²) < 4.78 is 0. The van der Waals surface area contributed by atoms with Crippen LogP contribution in [0.15, 0.2) is 18.2 Å². The smallest absolute Gasteiger partial charge is 0.303 e. The van der Waals surface area contributed by atoms with E-state index in [2.05, 4.69) is 66.7 Å². The molecule has 0 bridgehead atoms. The lowest BCUT2D eigenvalue weighted by Crippen LogP contribution is -2.24. The molecule has 0 aliphatic rings. The molecule has 0 saturated carbocycles. The fourth-order valence-corrected chi connectivity index (χ4v) is 5.81. The van der Waals surface area contributed by atoms with Crippen molar-refractivity contribution in [2.45, 2.75) is 181 Å². The molecule has 0 aliphatic carbocycles. The first-order chi connectivity index (χ1) is 17.5. The highest BCUT2D eigenvalue weighted by atomic mass is 16.4. The number of carboxylic acid groups (broad SMARTS) is 1. The van der Waals surface area contributed by atoms with Crippen molar-refractivity contribution in [3.05, 3.63) is 34.9 Å². The van der Waals surface area contributed by atoms with Gasteiger partial charge in [-0.05, 0) is 39.9 Å². The number of hydrogen-bond donors (Lipinski definition) is 1. The first kappa shape index (κ1) is 33.7. The SMILES string of the molecule is CCCCCCCCCCCCCCCCCCC(CC(=O)O)c1c(C(C)(C)C)cccc1C(C)(C)C. The van der Waals surface area contributed by atoms with Gasteiger partial charge in [-0.1, -0.05) is 169 Å². The highest BCUT2D eigenvalue weighted by Gasteiger charge is 2.30. The minimum Gasteiger partial charge on any atom is -0.481 e. The van der Waals surface area contributed by atoms with Gasteiger partial charge in [-0.3, -0.25) is 4.79 Å². The molecule has 37 heavy (non-hydrogen) atoms. The van der Waals surface area contributed by atoms with Gasteiger partial charge in [-0.15, -0.1) is 0 Å². The number of carbonyl (C=O) groups is 1. The summed E-state index contributed by atoms with van der Waals surface area (Å²) in [6.45, 7) is 15.8. The van der Waals surface area contributed by atoms with Crippen LogP contribution in [0, 0.1) is 0 Å². The molecule has 2 heteroatoms. The average molecular weight is 515 g/mol. The molecule has 214 valence electrons. The normalized spacial score (nSPS) is 13.2. The molecule has 0 aliphatic heterocycles. The Kier molecular flexibility index (Phi) is 16.5. The molecular weight excluding hydrogens is 452 g/mol. The zero-order chi connectivity index (χ0) is 27.7. The number of hydrogen-bond acceptors (Lipinski definition) is 1. The summed E-state index contributed by atoms with van der Waals surface area (Å²) in [7, 11) is 0. The van der Waals surface area contributed by atoms with Gasteiger partial charge >= 0.3 is 5.97 Å². The van der Waals surface area contributed by atoms with Crippen LogP contribution in [0.3, 0.4) is 0 Å². The van der Waals surface area contributed by atoms with E-state index >= 15 is 0 Å². The summed E-state index contributed by atoms with van der Waals surface area (Å²) in [6, 6.07) is 6.62. The van der Waals surface area contributed by atoms with Crippen LogP contribution in [0.5, 0.6) is 0 Å². The van der Waals surface area contributed by atoms with Crippen molar-refractivity contribution in [3.63, 3.8) is 0 Å². The third-order valence-electron chi connectivity index (χ3n) is 7.96. The van der Waals surface area contributed by atoms with Crippen molar-refractivity contribution in [2.75, 3.05) is 0 Å². The minimum atomic E-state index is -0.676. The Hall–Kier alpha value is -1.31. The highest BCUT2D eigenvalue weighted by Crippen LogP contribution is 2.41. The molecule has 0 heterocycles. The molecule has 1 atom stereocenters. The van der Waals surface area contributed by atoms with Gasteiger partial charge in [0.2, 0.25) is 0 Å². The molecule has 1 unspecified atom stereocenters. The molecule has 0 amide bonds. The molecule has 0 spiro atoms. The number of carboxylic acids is 1. The van der Waals surface area contributed by atoms with Crippen LogP contribution in [0.1, 0.15) is 187 Å². The average Bonchev–Trinajstić information content (AvgIpc) is 2.81. The fourth-order valence-electron chi connectivity index (χ4n) is 5.81. The van der Waals surface area contributed by atoms with Gasteiger partial charge in [0.25, 0.3) is 0 Å². The first-order valence-corrected chi connectivity index (χ1v) is 15.8. The molecule has 0 fully saturated rings. The minimum absolute atomic E-state index is 0.00196. The van der Waals surface area contributed by atoms with Gasteiger partial charge < -0.3 is 5.11 Å². The maximum Gasteiger partial charge on any atom is 0.303 e. The number of benzene rings is 1. The molecule has 0 radical (unpaired) electrons. The standard InChI is InChI=1S/C35H62O2/c1-8-9-10-11-12-13-14-15-16-17-18-19-20-21-22-23-25-29(28-32(36)37)33-30(34(2,3)4)26-24-27-31(33)35(5,6)7/h24,26-27,29H,8-23,25,28H2,1-7H3,(H,36,37). The maximum absolute atomic E-state index is 11.9. The van der Waals surface area contributed by atoms with Crippen LogP contribution in [0.25, 0.3) is 0 Å². The second-order valence-electron chi connectivity index (χ2n) is 13.7. The first-order valence-electron chi connectivity index (χ1n) is 15.8. The van der Waals surface area contributed by atoms with Crippen molar-refractivity contribution >= 4 is 5.97 Å². The molecular formula is C35H62O2.